The van der Waals surface area contributed by atoms with E-state index in [1.807, 2.05) is 13.0 Å². The molecular formula is C28H23ClF3N7O3. The van der Waals surface area contributed by atoms with Gasteiger partial charge in [-0.05, 0) is 49.4 Å². The summed E-state index contributed by atoms with van der Waals surface area (Å²) in [4.78, 5) is 34.6. The standard InChI is InChI=1S/C28H23ClF3N7O3/c1-17-4-2-5-19(12-17)23(40)13-21-22(6-3-11-33-21)39-16-34-25(35-39)15-38-27(42)37(14-24(41)28(30,31)32)26(36-38)18-7-9-20(29)10-8-18/h2-12,16,24,41H,13-15H2,1H3/t24-/m0/s1. The predicted octanol–water partition coefficient (Wildman–Crippen LogP) is 4.05. The van der Waals surface area contributed by atoms with Crippen molar-refractivity contribution in [3.8, 4) is 17.1 Å². The van der Waals surface area contributed by atoms with Crippen molar-refractivity contribution in [2.24, 2.45) is 0 Å². The Kier molecular flexibility index (Phi) is 8.05. The third-order valence-corrected chi connectivity index (χ3v) is 6.62. The van der Waals surface area contributed by atoms with Crippen LogP contribution in [0.4, 0.5) is 13.2 Å². The predicted molar refractivity (Wildman–Crippen MR) is 146 cm³/mol. The van der Waals surface area contributed by atoms with Crippen LogP contribution in [-0.2, 0) is 19.5 Å². The van der Waals surface area contributed by atoms with E-state index < -0.39 is 24.5 Å². The van der Waals surface area contributed by atoms with Crippen LogP contribution >= 0.6 is 11.6 Å². The van der Waals surface area contributed by atoms with Crippen molar-refractivity contribution in [3.63, 3.8) is 0 Å². The number of rotatable bonds is 9. The number of hydrogen-bond donors (Lipinski definition) is 1. The number of hydrogen-bond acceptors (Lipinski definition) is 7. The summed E-state index contributed by atoms with van der Waals surface area (Å²) in [6.45, 7) is 0.556. The number of aryl methyl sites for hydroxylation is 1. The average Bonchev–Trinajstić information content (AvgIpc) is 3.54. The molecule has 0 bridgehead atoms. The Morgan fingerprint density at radius 2 is 1.81 bits per heavy atom. The minimum absolute atomic E-state index is 0.00463. The number of aliphatic hydroxyl groups excluding tert-OH is 1. The number of benzene rings is 2. The number of halogens is 4. The molecule has 0 saturated heterocycles. The zero-order valence-electron chi connectivity index (χ0n) is 22.0. The van der Waals surface area contributed by atoms with Gasteiger partial charge >= 0.3 is 11.9 Å². The third-order valence-electron chi connectivity index (χ3n) is 6.37. The van der Waals surface area contributed by atoms with Crippen LogP contribution in [0, 0.1) is 6.92 Å². The molecule has 1 N–H and O–H groups in total. The van der Waals surface area contributed by atoms with Crippen molar-refractivity contribution in [1.29, 1.82) is 0 Å². The van der Waals surface area contributed by atoms with Gasteiger partial charge in [-0.2, -0.15) is 13.2 Å². The molecule has 0 aliphatic heterocycles. The maximum Gasteiger partial charge on any atom is 0.416 e. The second-order valence-electron chi connectivity index (χ2n) is 9.48. The van der Waals surface area contributed by atoms with Crippen molar-refractivity contribution < 1.29 is 23.1 Å². The first-order valence-corrected chi connectivity index (χ1v) is 13.0. The summed E-state index contributed by atoms with van der Waals surface area (Å²) < 4.78 is 42.5. The number of carbonyl (C=O) groups is 1. The summed E-state index contributed by atoms with van der Waals surface area (Å²) in [7, 11) is 0. The van der Waals surface area contributed by atoms with E-state index in [0.29, 0.717) is 27.5 Å². The molecule has 0 spiro atoms. The monoisotopic (exact) mass is 597 g/mol. The van der Waals surface area contributed by atoms with Crippen LogP contribution in [0.25, 0.3) is 17.1 Å². The molecule has 5 rings (SSSR count). The molecular weight excluding hydrogens is 575 g/mol. The number of aromatic nitrogens is 7. The first kappa shape index (κ1) is 28.9. The molecule has 3 heterocycles. The van der Waals surface area contributed by atoms with Gasteiger partial charge in [-0.25, -0.2) is 19.1 Å². The number of Topliss-reactive ketones (excluding diaryl/α,β-unsaturated/α-hetero) is 1. The van der Waals surface area contributed by atoms with E-state index in [-0.39, 0.29) is 30.4 Å². The number of ketones is 1. The molecule has 0 fully saturated rings. The lowest BCUT2D eigenvalue weighted by atomic mass is 10.0. The van der Waals surface area contributed by atoms with Crippen LogP contribution in [-0.4, -0.2) is 57.3 Å². The molecule has 10 nitrogen and oxygen atoms in total. The van der Waals surface area contributed by atoms with E-state index in [1.165, 1.54) is 35.3 Å². The Hall–Kier alpha value is -4.62. The van der Waals surface area contributed by atoms with E-state index in [2.05, 4.69) is 20.2 Å². The fourth-order valence-corrected chi connectivity index (χ4v) is 4.39. The van der Waals surface area contributed by atoms with E-state index in [1.54, 1.807) is 36.5 Å². The highest BCUT2D eigenvalue weighted by atomic mass is 35.5. The van der Waals surface area contributed by atoms with Crippen LogP contribution in [0.5, 0.6) is 0 Å². The number of alkyl halides is 3. The third kappa shape index (κ3) is 6.31. The van der Waals surface area contributed by atoms with Crippen LogP contribution < -0.4 is 5.69 Å². The van der Waals surface area contributed by atoms with Crippen LogP contribution in [0.3, 0.4) is 0 Å². The van der Waals surface area contributed by atoms with Crippen molar-refractivity contribution in [2.45, 2.75) is 38.7 Å². The Morgan fingerprint density at radius 1 is 1.05 bits per heavy atom. The minimum Gasteiger partial charge on any atom is -0.382 e. The highest BCUT2D eigenvalue weighted by molar-refractivity contribution is 6.30. The molecule has 14 heteroatoms. The molecule has 1 atom stereocenters. The largest absolute Gasteiger partial charge is 0.416 e. The second kappa shape index (κ2) is 11.7. The highest BCUT2D eigenvalue weighted by Crippen LogP contribution is 2.24. The van der Waals surface area contributed by atoms with Gasteiger partial charge < -0.3 is 5.11 Å². The van der Waals surface area contributed by atoms with Crippen molar-refractivity contribution in [2.75, 3.05) is 0 Å². The highest BCUT2D eigenvalue weighted by Gasteiger charge is 2.39. The summed E-state index contributed by atoms with van der Waals surface area (Å²) in [5.74, 6) is -0.101. The van der Waals surface area contributed by atoms with Crippen molar-refractivity contribution in [3.05, 3.63) is 111 Å². The van der Waals surface area contributed by atoms with Crippen molar-refractivity contribution >= 4 is 17.4 Å². The fraction of sp³-hybridized carbons (Fsp3) is 0.214. The van der Waals surface area contributed by atoms with Gasteiger partial charge in [0.25, 0.3) is 0 Å². The molecule has 0 amide bonds. The van der Waals surface area contributed by atoms with Crippen LogP contribution in [0.2, 0.25) is 5.02 Å². The van der Waals surface area contributed by atoms with Gasteiger partial charge in [0, 0.05) is 22.3 Å². The maximum absolute atomic E-state index is 13.2. The molecule has 0 radical (unpaired) electrons. The van der Waals surface area contributed by atoms with E-state index in [9.17, 15) is 27.9 Å². The smallest absolute Gasteiger partial charge is 0.382 e. The molecule has 42 heavy (non-hydrogen) atoms. The molecule has 3 aromatic heterocycles. The molecule has 0 saturated carbocycles. The SMILES string of the molecule is Cc1cccc(C(=O)Cc2ncccc2-n2cnc(Cn3nc(-c4ccc(Cl)cc4)n(C[C@H](O)C(F)(F)F)c3=O)n2)c1. The van der Waals surface area contributed by atoms with Gasteiger partial charge in [-0.1, -0.05) is 35.4 Å². The van der Waals surface area contributed by atoms with Gasteiger partial charge in [0.2, 0.25) is 0 Å². The fourth-order valence-electron chi connectivity index (χ4n) is 4.26. The molecule has 2 aromatic carbocycles. The topological polar surface area (TPSA) is 121 Å². The molecule has 5 aromatic rings. The quantitative estimate of drug-likeness (QED) is 0.255. The lowest BCUT2D eigenvalue weighted by molar-refractivity contribution is -0.207. The molecule has 0 aliphatic rings. The lowest BCUT2D eigenvalue weighted by Crippen LogP contribution is -2.37. The first-order chi connectivity index (χ1) is 20.0. The zero-order chi connectivity index (χ0) is 30.0. The number of nitrogens with zero attached hydrogens (tertiary/aromatic N) is 7. The summed E-state index contributed by atoms with van der Waals surface area (Å²) in [6.07, 6.45) is -4.79. The van der Waals surface area contributed by atoms with E-state index in [0.717, 1.165) is 14.8 Å². The molecule has 0 unspecified atom stereocenters. The van der Waals surface area contributed by atoms with E-state index in [4.69, 9.17) is 11.6 Å². The van der Waals surface area contributed by atoms with Gasteiger partial charge in [0.15, 0.2) is 23.5 Å². The summed E-state index contributed by atoms with van der Waals surface area (Å²) in [6, 6.07) is 16.6. The Bertz CT molecular complexity index is 1800. The number of aliphatic hydroxyl groups is 1. The second-order valence-corrected chi connectivity index (χ2v) is 9.92. The summed E-state index contributed by atoms with van der Waals surface area (Å²) >= 11 is 5.93. The Morgan fingerprint density at radius 3 is 2.52 bits per heavy atom. The lowest BCUT2D eigenvalue weighted by Gasteiger charge is -2.15. The van der Waals surface area contributed by atoms with Gasteiger partial charge in [-0.15, -0.1) is 10.2 Å². The minimum atomic E-state index is -4.94. The first-order valence-electron chi connectivity index (χ1n) is 12.6. The number of carbonyl (C=O) groups excluding carboxylic acids is 1. The van der Waals surface area contributed by atoms with Crippen LogP contribution in [0.15, 0.2) is 78.0 Å². The summed E-state index contributed by atoms with van der Waals surface area (Å²) in [5, 5.41) is 18.7. The van der Waals surface area contributed by atoms with E-state index >= 15 is 0 Å². The van der Waals surface area contributed by atoms with Gasteiger partial charge in [-0.3, -0.25) is 14.3 Å². The normalized spacial score (nSPS) is 12.4. The van der Waals surface area contributed by atoms with Gasteiger partial charge in [0.1, 0.15) is 12.9 Å². The zero-order valence-corrected chi connectivity index (χ0v) is 22.8. The van der Waals surface area contributed by atoms with Gasteiger partial charge in [0.05, 0.1) is 24.3 Å². The van der Waals surface area contributed by atoms with Crippen molar-refractivity contribution in [1.82, 2.24) is 34.1 Å². The Balaban J connectivity index is 1.43. The summed E-state index contributed by atoms with van der Waals surface area (Å²) in [5.41, 5.74) is 1.87. The molecule has 216 valence electrons. The maximum atomic E-state index is 13.2. The van der Waals surface area contributed by atoms with Crippen LogP contribution in [0.1, 0.15) is 27.4 Å². The Labute approximate surface area is 241 Å². The molecule has 0 aliphatic carbocycles. The average molecular weight is 598 g/mol. The number of pyridine rings is 1.